The number of fused-ring (bicyclic) bond motifs is 4. The van der Waals surface area contributed by atoms with E-state index in [0.29, 0.717) is 29.7 Å². The van der Waals surface area contributed by atoms with Crippen molar-refractivity contribution in [2.24, 2.45) is 50.7 Å². The number of aliphatic hydroxyl groups is 2. The third-order valence-corrected chi connectivity index (χ3v) is 16.9. The van der Waals surface area contributed by atoms with Crippen LogP contribution in [0, 0.1) is 50.7 Å². The maximum absolute atomic E-state index is 12.6. The Labute approximate surface area is 294 Å². The maximum atomic E-state index is 12.6. The molecule has 2 N–H and O–H groups in total. The van der Waals surface area contributed by atoms with Gasteiger partial charge >= 0.3 is 5.97 Å². The Morgan fingerprint density at radius 3 is 2.43 bits per heavy atom. The fourth-order valence-electron chi connectivity index (χ4n) is 14.6. The molecule has 3 aliphatic heterocycles. The number of hydrogen-bond acceptors (Lipinski definition) is 9. The first kappa shape index (κ1) is 35.2. The smallest absolute Gasteiger partial charge is 0.303 e. The third-order valence-electron chi connectivity index (χ3n) is 16.9. The summed E-state index contributed by atoms with van der Waals surface area (Å²) in [6.07, 6.45) is 7.85. The SMILES string of the molecule is CC(=O)O[C@@H]([C@H]1C[C@@H](C)C2[C@H](O1)[C@H](O)[C@@]1(C)[C@@H]3CC[C@H]4C(C)(C)[C@@H](O[C@H]5CN([C@@H]6CCOC6)CCO5)CC[C@@]45C[C@@]35CC[C@]21C)C(C)(C)O. The van der Waals surface area contributed by atoms with Crippen molar-refractivity contribution in [3.05, 3.63) is 0 Å². The minimum Gasteiger partial charge on any atom is -0.457 e. The van der Waals surface area contributed by atoms with E-state index >= 15 is 0 Å². The average Bonchev–Trinajstić information content (AvgIpc) is 3.29. The lowest BCUT2D eigenvalue weighted by Crippen LogP contribution is -2.60. The van der Waals surface area contributed by atoms with E-state index in [2.05, 4.69) is 39.5 Å². The Balaban J connectivity index is 1.02. The molecule has 0 aromatic carbocycles. The highest BCUT2D eigenvalue weighted by atomic mass is 16.7. The van der Waals surface area contributed by atoms with E-state index in [0.717, 1.165) is 58.6 Å². The number of aliphatic hydroxyl groups excluding tert-OH is 1. The minimum absolute atomic E-state index is 0.0480. The second kappa shape index (κ2) is 11.6. The molecule has 8 rings (SSSR count). The van der Waals surface area contributed by atoms with Crippen molar-refractivity contribution < 1.29 is 38.7 Å². The zero-order chi connectivity index (χ0) is 34.9. The Morgan fingerprint density at radius 1 is 1.00 bits per heavy atom. The number of carbonyl (C=O) groups is 1. The Hall–Kier alpha value is -0.810. The molecule has 3 saturated heterocycles. The maximum Gasteiger partial charge on any atom is 0.303 e. The van der Waals surface area contributed by atoms with Crippen LogP contribution in [0.5, 0.6) is 0 Å². The van der Waals surface area contributed by atoms with Gasteiger partial charge in [-0.25, -0.2) is 0 Å². The second-order valence-corrected chi connectivity index (χ2v) is 19.7. The Kier molecular flexibility index (Phi) is 8.34. The number of nitrogens with zero attached hydrogens (tertiary/aromatic N) is 1. The van der Waals surface area contributed by atoms with Gasteiger partial charge in [0.25, 0.3) is 0 Å². The number of esters is 1. The van der Waals surface area contributed by atoms with Crippen molar-refractivity contribution >= 4 is 5.97 Å². The van der Waals surface area contributed by atoms with Gasteiger partial charge in [-0.05, 0) is 117 Å². The molecule has 1 unspecified atom stereocenters. The van der Waals surface area contributed by atoms with Gasteiger partial charge < -0.3 is 33.9 Å². The summed E-state index contributed by atoms with van der Waals surface area (Å²) in [4.78, 5) is 14.6. The van der Waals surface area contributed by atoms with Gasteiger partial charge in [0.15, 0.2) is 12.4 Å². The van der Waals surface area contributed by atoms with Crippen LogP contribution >= 0.6 is 0 Å². The quantitative estimate of drug-likeness (QED) is 0.358. The summed E-state index contributed by atoms with van der Waals surface area (Å²) >= 11 is 0. The van der Waals surface area contributed by atoms with Gasteiger partial charge in [-0.3, -0.25) is 9.69 Å². The van der Waals surface area contributed by atoms with Crippen LogP contribution in [-0.2, 0) is 28.5 Å². The first-order valence-electron chi connectivity index (χ1n) is 19.8. The van der Waals surface area contributed by atoms with Gasteiger partial charge in [0.05, 0.1) is 43.2 Å². The van der Waals surface area contributed by atoms with Crippen molar-refractivity contribution in [1.82, 2.24) is 4.90 Å². The molecule has 0 bridgehead atoms. The highest BCUT2D eigenvalue weighted by molar-refractivity contribution is 5.66. The van der Waals surface area contributed by atoms with Gasteiger partial charge in [-0.15, -0.1) is 0 Å². The van der Waals surface area contributed by atoms with Gasteiger partial charge in [0.1, 0.15) is 0 Å². The van der Waals surface area contributed by atoms with Crippen molar-refractivity contribution in [3.8, 4) is 0 Å². The van der Waals surface area contributed by atoms with Crippen molar-refractivity contribution in [3.63, 3.8) is 0 Å². The molecular formula is C40H65NO8. The molecule has 8 aliphatic rings. The first-order chi connectivity index (χ1) is 23.0. The van der Waals surface area contributed by atoms with Crippen LogP contribution in [0.25, 0.3) is 0 Å². The van der Waals surface area contributed by atoms with Crippen molar-refractivity contribution in [1.29, 1.82) is 0 Å². The molecule has 9 heteroatoms. The summed E-state index contributed by atoms with van der Waals surface area (Å²) in [5.41, 5.74) is -0.953. The molecule has 5 aliphatic carbocycles. The lowest BCUT2D eigenvalue weighted by molar-refractivity contribution is -0.251. The number of rotatable bonds is 6. The van der Waals surface area contributed by atoms with Gasteiger partial charge in [-0.2, -0.15) is 0 Å². The van der Waals surface area contributed by atoms with Crippen LogP contribution in [0.15, 0.2) is 0 Å². The summed E-state index contributed by atoms with van der Waals surface area (Å²) in [7, 11) is 0. The van der Waals surface area contributed by atoms with Crippen LogP contribution in [0.4, 0.5) is 0 Å². The summed E-state index contributed by atoms with van der Waals surface area (Å²) < 4.78 is 31.5. The number of morpholine rings is 1. The normalized spacial score (nSPS) is 52.6. The monoisotopic (exact) mass is 687 g/mol. The van der Waals surface area contributed by atoms with Gasteiger partial charge in [0, 0.05) is 38.1 Å². The molecule has 8 fully saturated rings. The van der Waals surface area contributed by atoms with E-state index in [1.807, 2.05) is 0 Å². The summed E-state index contributed by atoms with van der Waals surface area (Å²) in [6, 6.07) is 0.489. The molecule has 0 aromatic heterocycles. The van der Waals surface area contributed by atoms with E-state index in [1.165, 1.54) is 32.6 Å². The molecule has 15 atom stereocenters. The standard InChI is InChI=1S/C40H65NO8/c1-23-19-26(34(36(5,6)44)47-24(2)42)48-32-31(23)37(7)14-15-40-22-39(40)13-11-29(49-30-20-41(16-18-46-30)25-12-17-45-21-25)35(3,4)27(39)9-10-28(40)38(37,8)33(32)43/h23,25-34,43-44H,9-22H2,1-8H3/t23-,25-,26-,27+,28+,29+,30+,31?,32+,33+,34+,37-,38-,39-,40+/m1/s1. The Bertz CT molecular complexity index is 1300. The summed E-state index contributed by atoms with van der Waals surface area (Å²) in [5.74, 6) is 1.12. The number of carbonyl (C=O) groups excluding carboxylic acids is 1. The van der Waals surface area contributed by atoms with E-state index in [-0.39, 0.29) is 52.0 Å². The highest BCUT2D eigenvalue weighted by Crippen LogP contribution is 2.89. The van der Waals surface area contributed by atoms with Crippen molar-refractivity contribution in [2.45, 2.75) is 162 Å². The fourth-order valence-corrected chi connectivity index (χ4v) is 14.6. The minimum atomic E-state index is -1.25. The molecule has 0 radical (unpaired) electrons. The zero-order valence-corrected chi connectivity index (χ0v) is 31.5. The molecule has 2 spiro atoms. The second-order valence-electron chi connectivity index (χ2n) is 19.7. The molecule has 278 valence electrons. The lowest BCUT2D eigenvalue weighted by Gasteiger charge is -2.64. The van der Waals surface area contributed by atoms with E-state index < -0.39 is 29.9 Å². The van der Waals surface area contributed by atoms with Crippen LogP contribution in [0.1, 0.15) is 113 Å². The summed E-state index contributed by atoms with van der Waals surface area (Å²) in [5, 5.41) is 23.6. The van der Waals surface area contributed by atoms with Crippen LogP contribution in [0.2, 0.25) is 0 Å². The number of ether oxygens (including phenoxy) is 5. The van der Waals surface area contributed by atoms with Gasteiger partial charge in [0.2, 0.25) is 0 Å². The van der Waals surface area contributed by atoms with E-state index in [9.17, 15) is 15.0 Å². The lowest BCUT2D eigenvalue weighted by atomic mass is 9.41. The summed E-state index contributed by atoms with van der Waals surface area (Å²) in [6.45, 7) is 21.1. The predicted octanol–water partition coefficient (Wildman–Crippen LogP) is 5.33. The van der Waals surface area contributed by atoms with Crippen LogP contribution in [-0.4, -0.2) is 102 Å². The van der Waals surface area contributed by atoms with Gasteiger partial charge in [-0.1, -0.05) is 34.6 Å². The van der Waals surface area contributed by atoms with E-state index in [1.54, 1.807) is 13.8 Å². The molecule has 5 saturated carbocycles. The average molecular weight is 688 g/mol. The molecule has 49 heavy (non-hydrogen) atoms. The molecule has 0 amide bonds. The zero-order valence-electron chi connectivity index (χ0n) is 31.5. The topological polar surface area (TPSA) is 107 Å². The molecular weight excluding hydrogens is 622 g/mol. The first-order valence-corrected chi connectivity index (χ1v) is 19.8. The van der Waals surface area contributed by atoms with Crippen molar-refractivity contribution in [2.75, 3.05) is 32.9 Å². The molecule has 0 aromatic rings. The predicted molar refractivity (Wildman–Crippen MR) is 183 cm³/mol. The third kappa shape index (κ3) is 4.90. The fraction of sp³-hybridized carbons (Fsp3) is 0.975. The number of hydrogen-bond donors (Lipinski definition) is 2. The molecule has 3 heterocycles. The van der Waals surface area contributed by atoms with E-state index in [4.69, 9.17) is 23.7 Å². The molecule has 9 nitrogen and oxygen atoms in total. The van der Waals surface area contributed by atoms with Crippen LogP contribution in [0.3, 0.4) is 0 Å². The van der Waals surface area contributed by atoms with Crippen LogP contribution < -0.4 is 0 Å². The largest absolute Gasteiger partial charge is 0.457 e. The Morgan fingerprint density at radius 2 is 1.73 bits per heavy atom. The highest BCUT2D eigenvalue weighted by Gasteiger charge is 2.84.